The van der Waals surface area contributed by atoms with E-state index in [4.69, 9.17) is 4.84 Å². The fraction of sp³-hybridized carbons (Fsp3) is 0.300. The van der Waals surface area contributed by atoms with Crippen molar-refractivity contribution in [2.75, 3.05) is 5.48 Å². The smallest absolute Gasteiger partial charge is 0.151 e. The van der Waals surface area contributed by atoms with E-state index in [0.29, 0.717) is 6.42 Å². The number of nitrogens with one attached hydrogen (secondary N) is 1. The Labute approximate surface area is 77.7 Å². The predicted octanol–water partition coefficient (Wildman–Crippen LogP) is 2.01. The molecule has 0 saturated heterocycles. The molecule has 0 bridgehead atoms. The lowest BCUT2D eigenvalue weighted by Gasteiger charge is -2.10. The highest BCUT2D eigenvalue weighted by Gasteiger charge is 2.03. The van der Waals surface area contributed by atoms with Crippen LogP contribution < -0.4 is 5.48 Å². The quantitative estimate of drug-likeness (QED) is 0.555. The number of hydrogen-bond acceptors (Lipinski definition) is 3. The monoisotopic (exact) mass is 179 g/mol. The Morgan fingerprint density at radius 2 is 2.15 bits per heavy atom. The number of carbonyl (C=O) groups excluding carboxylic acids is 1. The summed E-state index contributed by atoms with van der Waals surface area (Å²) in [6, 6.07) is 9.46. The fourth-order valence-corrected chi connectivity index (χ4v) is 0.857. The summed E-state index contributed by atoms with van der Waals surface area (Å²) in [5.41, 5.74) is 3.57. The molecule has 0 spiro atoms. The number of aldehydes is 1. The number of hydrogen-bond donors (Lipinski definition) is 1. The standard InChI is InChI=1S/C10H13NO2/c1-2-10(8-12)13-11-9-6-4-3-5-7-9/h3-8,10-11H,2H2,1H3/t10-/m1/s1. The first kappa shape index (κ1) is 9.74. The first-order valence-corrected chi connectivity index (χ1v) is 4.28. The van der Waals surface area contributed by atoms with Crippen molar-refractivity contribution in [3.63, 3.8) is 0 Å². The van der Waals surface area contributed by atoms with Crippen LogP contribution in [0.1, 0.15) is 13.3 Å². The van der Waals surface area contributed by atoms with E-state index in [0.717, 1.165) is 12.0 Å². The minimum absolute atomic E-state index is 0.375. The maximum atomic E-state index is 10.4. The van der Waals surface area contributed by atoms with E-state index in [-0.39, 0.29) is 6.10 Å². The molecule has 1 aromatic rings. The predicted molar refractivity (Wildman–Crippen MR) is 51.3 cm³/mol. The van der Waals surface area contributed by atoms with Crippen molar-refractivity contribution in [3.05, 3.63) is 30.3 Å². The lowest BCUT2D eigenvalue weighted by Crippen LogP contribution is -2.17. The molecular weight excluding hydrogens is 166 g/mol. The first-order chi connectivity index (χ1) is 6.36. The summed E-state index contributed by atoms with van der Waals surface area (Å²) >= 11 is 0. The summed E-state index contributed by atoms with van der Waals surface area (Å²) in [6.07, 6.45) is 1.08. The van der Waals surface area contributed by atoms with Crippen LogP contribution in [0.4, 0.5) is 5.69 Å². The van der Waals surface area contributed by atoms with Crippen molar-refractivity contribution < 1.29 is 9.63 Å². The normalized spacial score (nSPS) is 12.1. The van der Waals surface area contributed by atoms with Crippen LogP contribution in [0.5, 0.6) is 0 Å². The number of para-hydroxylation sites is 1. The Hall–Kier alpha value is -1.35. The van der Waals surface area contributed by atoms with Gasteiger partial charge in [-0.3, -0.25) is 10.3 Å². The van der Waals surface area contributed by atoms with E-state index in [1.54, 1.807) is 0 Å². The summed E-state index contributed by atoms with van der Waals surface area (Å²) in [4.78, 5) is 15.5. The van der Waals surface area contributed by atoms with Gasteiger partial charge in [0.05, 0.1) is 5.69 Å². The Bertz CT molecular complexity index is 248. The van der Waals surface area contributed by atoms with Gasteiger partial charge < -0.3 is 4.79 Å². The molecule has 0 unspecified atom stereocenters. The van der Waals surface area contributed by atoms with Crippen LogP contribution in [0.15, 0.2) is 30.3 Å². The van der Waals surface area contributed by atoms with Crippen molar-refractivity contribution in [1.29, 1.82) is 0 Å². The van der Waals surface area contributed by atoms with E-state index < -0.39 is 0 Å². The third-order valence-electron chi connectivity index (χ3n) is 1.66. The van der Waals surface area contributed by atoms with Gasteiger partial charge in [0.25, 0.3) is 0 Å². The van der Waals surface area contributed by atoms with Gasteiger partial charge in [-0.25, -0.2) is 0 Å². The van der Waals surface area contributed by atoms with Gasteiger partial charge in [0.2, 0.25) is 0 Å². The first-order valence-electron chi connectivity index (χ1n) is 4.28. The second-order valence-corrected chi connectivity index (χ2v) is 2.67. The molecule has 0 amide bonds. The van der Waals surface area contributed by atoms with Crippen molar-refractivity contribution in [1.82, 2.24) is 0 Å². The Morgan fingerprint density at radius 1 is 1.46 bits per heavy atom. The molecule has 0 saturated carbocycles. The summed E-state index contributed by atoms with van der Waals surface area (Å²) in [7, 11) is 0. The summed E-state index contributed by atoms with van der Waals surface area (Å²) < 4.78 is 0. The van der Waals surface area contributed by atoms with Crippen LogP contribution in [-0.4, -0.2) is 12.4 Å². The van der Waals surface area contributed by atoms with Gasteiger partial charge in [0, 0.05) is 0 Å². The molecule has 0 aliphatic heterocycles. The number of carbonyl (C=O) groups is 1. The van der Waals surface area contributed by atoms with Crippen LogP contribution in [0.3, 0.4) is 0 Å². The highest BCUT2D eigenvalue weighted by atomic mass is 16.7. The molecule has 1 aromatic carbocycles. The fourth-order valence-electron chi connectivity index (χ4n) is 0.857. The largest absolute Gasteiger partial charge is 0.300 e. The molecule has 0 heterocycles. The third-order valence-corrected chi connectivity index (χ3v) is 1.66. The van der Waals surface area contributed by atoms with Crippen LogP contribution in [0.25, 0.3) is 0 Å². The molecule has 1 atom stereocenters. The van der Waals surface area contributed by atoms with Gasteiger partial charge in [0.15, 0.2) is 6.29 Å². The van der Waals surface area contributed by atoms with Gasteiger partial charge in [-0.1, -0.05) is 25.1 Å². The molecular formula is C10H13NO2. The van der Waals surface area contributed by atoms with Crippen molar-refractivity contribution in [3.8, 4) is 0 Å². The van der Waals surface area contributed by atoms with Crippen molar-refractivity contribution in [2.45, 2.75) is 19.4 Å². The molecule has 0 fully saturated rings. The zero-order valence-electron chi connectivity index (χ0n) is 7.57. The topological polar surface area (TPSA) is 38.3 Å². The molecule has 3 nitrogen and oxygen atoms in total. The van der Waals surface area contributed by atoms with Crippen LogP contribution in [0, 0.1) is 0 Å². The Morgan fingerprint density at radius 3 is 2.69 bits per heavy atom. The molecule has 70 valence electrons. The van der Waals surface area contributed by atoms with E-state index in [2.05, 4.69) is 5.48 Å². The SMILES string of the molecule is CC[C@H](C=O)ONc1ccccc1. The van der Waals surface area contributed by atoms with Crippen molar-refractivity contribution >= 4 is 12.0 Å². The molecule has 13 heavy (non-hydrogen) atoms. The van der Waals surface area contributed by atoms with E-state index in [1.165, 1.54) is 0 Å². The molecule has 1 rings (SSSR count). The zero-order chi connectivity index (χ0) is 9.52. The Balaban J connectivity index is 2.38. The highest BCUT2D eigenvalue weighted by molar-refractivity contribution is 5.56. The molecule has 0 radical (unpaired) electrons. The summed E-state index contributed by atoms with van der Waals surface area (Å²) in [5, 5.41) is 0. The van der Waals surface area contributed by atoms with Crippen LogP contribution >= 0.6 is 0 Å². The second-order valence-electron chi connectivity index (χ2n) is 2.67. The van der Waals surface area contributed by atoms with E-state index >= 15 is 0 Å². The molecule has 0 aromatic heterocycles. The third kappa shape index (κ3) is 3.25. The van der Waals surface area contributed by atoms with Crippen LogP contribution in [-0.2, 0) is 9.63 Å². The highest BCUT2D eigenvalue weighted by Crippen LogP contribution is 2.06. The van der Waals surface area contributed by atoms with Gasteiger partial charge in [0.1, 0.15) is 6.10 Å². The average Bonchev–Trinajstić information content (AvgIpc) is 2.21. The van der Waals surface area contributed by atoms with Gasteiger partial charge in [-0.15, -0.1) is 0 Å². The lowest BCUT2D eigenvalue weighted by molar-refractivity contribution is -0.116. The Kier molecular flexibility index (Phi) is 3.99. The molecule has 0 aliphatic carbocycles. The number of benzene rings is 1. The summed E-state index contributed by atoms with van der Waals surface area (Å²) in [6.45, 7) is 1.89. The number of anilines is 1. The average molecular weight is 179 g/mol. The minimum Gasteiger partial charge on any atom is -0.300 e. The molecule has 1 N–H and O–H groups in total. The molecule has 3 heteroatoms. The van der Waals surface area contributed by atoms with Gasteiger partial charge in [-0.05, 0) is 18.6 Å². The molecule has 0 aliphatic rings. The lowest BCUT2D eigenvalue weighted by atomic mass is 10.3. The zero-order valence-corrected chi connectivity index (χ0v) is 7.57. The van der Waals surface area contributed by atoms with Crippen molar-refractivity contribution in [2.24, 2.45) is 0 Å². The number of rotatable bonds is 5. The van der Waals surface area contributed by atoms with Crippen LogP contribution in [0.2, 0.25) is 0 Å². The van der Waals surface area contributed by atoms with Gasteiger partial charge in [-0.2, -0.15) is 0 Å². The minimum atomic E-state index is -0.375. The maximum absolute atomic E-state index is 10.4. The van der Waals surface area contributed by atoms with E-state index in [9.17, 15) is 4.79 Å². The second kappa shape index (κ2) is 5.32. The van der Waals surface area contributed by atoms with Gasteiger partial charge >= 0.3 is 0 Å². The summed E-state index contributed by atoms with van der Waals surface area (Å²) in [5.74, 6) is 0. The maximum Gasteiger partial charge on any atom is 0.151 e. The van der Waals surface area contributed by atoms with E-state index in [1.807, 2.05) is 37.3 Å².